The third-order valence-corrected chi connectivity index (χ3v) is 3.84. The average molecular weight is 285 g/mol. The predicted octanol–water partition coefficient (Wildman–Crippen LogP) is 1.01. The number of amides is 1. The van der Waals surface area contributed by atoms with Crippen molar-refractivity contribution in [2.45, 2.75) is 51.5 Å². The van der Waals surface area contributed by atoms with Crippen LogP contribution < -0.4 is 5.73 Å². The molecule has 0 saturated heterocycles. The summed E-state index contributed by atoms with van der Waals surface area (Å²) in [5.74, 6) is 1.21. The van der Waals surface area contributed by atoms with Crippen LogP contribution in [0.3, 0.4) is 0 Å². The van der Waals surface area contributed by atoms with E-state index >= 15 is 0 Å². The van der Waals surface area contributed by atoms with Crippen LogP contribution in [-0.2, 0) is 18.4 Å². The number of thioether (sulfide) groups is 1. The van der Waals surface area contributed by atoms with Crippen molar-refractivity contribution >= 4 is 17.7 Å². The second kappa shape index (κ2) is 6.91. The summed E-state index contributed by atoms with van der Waals surface area (Å²) in [6.07, 6.45) is 0. The lowest BCUT2D eigenvalue weighted by Gasteiger charge is -2.30. The van der Waals surface area contributed by atoms with Crippen LogP contribution in [0.2, 0.25) is 0 Å². The van der Waals surface area contributed by atoms with Gasteiger partial charge in [0.25, 0.3) is 0 Å². The van der Waals surface area contributed by atoms with Gasteiger partial charge in [-0.05, 0) is 27.7 Å². The topological polar surface area (TPSA) is 77.0 Å². The molecule has 1 aromatic rings. The van der Waals surface area contributed by atoms with Crippen molar-refractivity contribution in [3.05, 3.63) is 5.82 Å². The lowest BCUT2D eigenvalue weighted by atomic mass is 10.2. The molecule has 1 rings (SSSR count). The molecule has 0 radical (unpaired) electrons. The number of nitrogens with two attached hydrogens (primary N) is 1. The van der Waals surface area contributed by atoms with Gasteiger partial charge in [-0.2, -0.15) is 0 Å². The number of aromatic nitrogens is 3. The Balaban J connectivity index is 2.65. The fourth-order valence-corrected chi connectivity index (χ4v) is 2.82. The minimum absolute atomic E-state index is 0.118. The lowest BCUT2D eigenvalue weighted by molar-refractivity contribution is -0.131. The molecule has 0 bridgehead atoms. The van der Waals surface area contributed by atoms with E-state index < -0.39 is 0 Å². The van der Waals surface area contributed by atoms with Crippen LogP contribution in [0.1, 0.15) is 33.5 Å². The van der Waals surface area contributed by atoms with E-state index in [0.29, 0.717) is 12.3 Å². The van der Waals surface area contributed by atoms with Gasteiger partial charge < -0.3 is 15.2 Å². The van der Waals surface area contributed by atoms with Gasteiger partial charge in [0.15, 0.2) is 5.16 Å². The average Bonchev–Trinajstić information content (AvgIpc) is 2.66. The smallest absolute Gasteiger partial charge is 0.233 e. The van der Waals surface area contributed by atoms with E-state index in [0.717, 1.165) is 11.0 Å². The number of hydrogen-bond donors (Lipinski definition) is 1. The van der Waals surface area contributed by atoms with Crippen LogP contribution in [-0.4, -0.2) is 43.4 Å². The Hall–Kier alpha value is -1.08. The molecule has 7 heteroatoms. The Morgan fingerprint density at radius 1 is 1.32 bits per heavy atom. The van der Waals surface area contributed by atoms with Gasteiger partial charge in [0.2, 0.25) is 5.91 Å². The van der Waals surface area contributed by atoms with E-state index in [1.807, 2.05) is 44.2 Å². The summed E-state index contributed by atoms with van der Waals surface area (Å²) in [5, 5.41) is 8.73. The Morgan fingerprint density at radius 2 is 1.89 bits per heavy atom. The molecule has 1 heterocycles. The van der Waals surface area contributed by atoms with Gasteiger partial charge in [0.05, 0.1) is 12.3 Å². The van der Waals surface area contributed by atoms with Gasteiger partial charge in [-0.1, -0.05) is 11.8 Å². The van der Waals surface area contributed by atoms with Crippen molar-refractivity contribution in [2.24, 2.45) is 12.8 Å². The molecule has 1 amide bonds. The number of rotatable bonds is 6. The molecule has 1 aromatic heterocycles. The Morgan fingerprint density at radius 3 is 2.32 bits per heavy atom. The summed E-state index contributed by atoms with van der Waals surface area (Å²) in [6.45, 7) is 8.45. The number of hydrogen-bond acceptors (Lipinski definition) is 5. The standard InChI is InChI=1S/C12H23N5OS/c1-8(2)17(9(3)4)11(18)7-19-12-15-14-10(6-13)16(12)5/h8-9H,6-7,13H2,1-5H3. The maximum Gasteiger partial charge on any atom is 0.233 e. The minimum atomic E-state index is 0.118. The van der Waals surface area contributed by atoms with Crippen LogP contribution in [0.4, 0.5) is 0 Å². The van der Waals surface area contributed by atoms with E-state index in [9.17, 15) is 4.79 Å². The van der Waals surface area contributed by atoms with E-state index in [1.54, 1.807) is 0 Å². The second-order valence-corrected chi connectivity index (χ2v) is 5.88. The van der Waals surface area contributed by atoms with Crippen molar-refractivity contribution in [2.75, 3.05) is 5.75 Å². The molecule has 0 aliphatic heterocycles. The first-order chi connectivity index (χ1) is 8.88. The molecule has 2 N–H and O–H groups in total. The molecule has 19 heavy (non-hydrogen) atoms. The maximum absolute atomic E-state index is 12.2. The van der Waals surface area contributed by atoms with E-state index in [-0.39, 0.29) is 18.0 Å². The molecule has 0 spiro atoms. The molecule has 108 valence electrons. The molecule has 0 saturated carbocycles. The van der Waals surface area contributed by atoms with Crippen molar-refractivity contribution in [3.63, 3.8) is 0 Å². The van der Waals surface area contributed by atoms with Gasteiger partial charge >= 0.3 is 0 Å². The Bertz CT molecular complexity index is 422. The molecule has 0 atom stereocenters. The number of carbonyl (C=O) groups is 1. The van der Waals surface area contributed by atoms with Crippen LogP contribution in [0.25, 0.3) is 0 Å². The van der Waals surface area contributed by atoms with Gasteiger partial charge in [-0.25, -0.2) is 0 Å². The molecule has 0 aromatic carbocycles. The quantitative estimate of drug-likeness (QED) is 0.789. The van der Waals surface area contributed by atoms with Gasteiger partial charge in [-0.3, -0.25) is 4.79 Å². The summed E-state index contributed by atoms with van der Waals surface area (Å²) in [7, 11) is 1.86. The highest BCUT2D eigenvalue weighted by molar-refractivity contribution is 7.99. The maximum atomic E-state index is 12.2. The fraction of sp³-hybridized carbons (Fsp3) is 0.750. The Kier molecular flexibility index (Phi) is 5.81. The number of carbonyl (C=O) groups excluding carboxylic acids is 1. The summed E-state index contributed by atoms with van der Waals surface area (Å²) in [5.41, 5.74) is 5.54. The van der Waals surface area contributed by atoms with E-state index in [4.69, 9.17) is 5.73 Å². The molecule has 0 fully saturated rings. The third kappa shape index (κ3) is 3.94. The summed E-state index contributed by atoms with van der Waals surface area (Å²) in [6, 6.07) is 0.402. The van der Waals surface area contributed by atoms with E-state index in [1.165, 1.54) is 11.8 Å². The van der Waals surface area contributed by atoms with Crippen LogP contribution >= 0.6 is 11.8 Å². The summed E-state index contributed by atoms with van der Waals surface area (Å²) >= 11 is 1.40. The highest BCUT2D eigenvalue weighted by atomic mass is 32.2. The first kappa shape index (κ1) is 16.0. The minimum Gasteiger partial charge on any atom is -0.337 e. The monoisotopic (exact) mass is 285 g/mol. The van der Waals surface area contributed by atoms with Gasteiger partial charge in [0.1, 0.15) is 5.82 Å². The molecular weight excluding hydrogens is 262 g/mol. The first-order valence-electron chi connectivity index (χ1n) is 6.40. The second-order valence-electron chi connectivity index (χ2n) is 4.94. The first-order valence-corrected chi connectivity index (χ1v) is 7.39. The summed E-state index contributed by atoms with van der Waals surface area (Å²) in [4.78, 5) is 14.1. The van der Waals surface area contributed by atoms with Crippen molar-refractivity contribution < 1.29 is 4.79 Å². The third-order valence-electron chi connectivity index (χ3n) is 2.83. The summed E-state index contributed by atoms with van der Waals surface area (Å²) < 4.78 is 1.83. The molecule has 0 unspecified atom stereocenters. The highest BCUT2D eigenvalue weighted by Crippen LogP contribution is 2.17. The molecule has 0 aliphatic rings. The zero-order valence-electron chi connectivity index (χ0n) is 12.3. The fourth-order valence-electron chi connectivity index (χ4n) is 2.02. The van der Waals surface area contributed by atoms with Crippen LogP contribution in [0, 0.1) is 0 Å². The van der Waals surface area contributed by atoms with E-state index in [2.05, 4.69) is 10.2 Å². The van der Waals surface area contributed by atoms with Gasteiger partial charge in [-0.15, -0.1) is 10.2 Å². The van der Waals surface area contributed by atoms with Crippen molar-refractivity contribution in [1.82, 2.24) is 19.7 Å². The molecule has 0 aliphatic carbocycles. The molecule has 6 nitrogen and oxygen atoms in total. The largest absolute Gasteiger partial charge is 0.337 e. The molecular formula is C12H23N5OS. The predicted molar refractivity (Wildman–Crippen MR) is 76.7 cm³/mol. The Labute approximate surface area is 118 Å². The van der Waals surface area contributed by atoms with Crippen molar-refractivity contribution in [3.8, 4) is 0 Å². The van der Waals surface area contributed by atoms with Crippen molar-refractivity contribution in [1.29, 1.82) is 0 Å². The normalized spacial score (nSPS) is 11.4. The van der Waals surface area contributed by atoms with Crippen LogP contribution in [0.5, 0.6) is 0 Å². The lowest BCUT2D eigenvalue weighted by Crippen LogP contribution is -2.43. The number of nitrogens with zero attached hydrogens (tertiary/aromatic N) is 4. The van der Waals surface area contributed by atoms with Gasteiger partial charge in [0, 0.05) is 19.1 Å². The SMILES string of the molecule is CC(C)N(C(=O)CSc1nnc(CN)n1C)C(C)C. The zero-order chi connectivity index (χ0) is 14.6. The highest BCUT2D eigenvalue weighted by Gasteiger charge is 2.21. The zero-order valence-corrected chi connectivity index (χ0v) is 13.1. The van der Waals surface area contributed by atoms with Crippen LogP contribution in [0.15, 0.2) is 5.16 Å².